The molecule has 3 heterocycles. The zero-order chi connectivity index (χ0) is 16.2. The highest BCUT2D eigenvalue weighted by molar-refractivity contribution is 5.50. The van der Waals surface area contributed by atoms with E-state index in [1.807, 2.05) is 19.1 Å². The molecule has 0 radical (unpaired) electrons. The van der Waals surface area contributed by atoms with E-state index in [0.717, 1.165) is 5.56 Å². The van der Waals surface area contributed by atoms with Crippen LogP contribution in [0.5, 0.6) is 5.88 Å². The summed E-state index contributed by atoms with van der Waals surface area (Å²) in [5.74, 6) is -0.171. The molecule has 0 aromatic carbocycles. The molecule has 0 atom stereocenters. The predicted molar refractivity (Wildman–Crippen MR) is 75.8 cm³/mol. The Hall–Kier alpha value is -2.90. The first-order chi connectivity index (χ1) is 11.1. The van der Waals surface area contributed by atoms with Crippen LogP contribution < -0.4 is 4.74 Å². The Kier molecular flexibility index (Phi) is 4.22. The lowest BCUT2D eigenvalue weighted by Crippen LogP contribution is -2.00. The Bertz CT molecular complexity index is 790. The minimum absolute atomic E-state index is 0.000777. The largest absolute Gasteiger partial charge is 0.471 e. The molecule has 0 unspecified atom stereocenters. The molecule has 8 heteroatoms. The van der Waals surface area contributed by atoms with Crippen LogP contribution in [0.15, 0.2) is 41.1 Å². The van der Waals surface area contributed by atoms with Crippen LogP contribution in [0, 0.1) is 6.92 Å². The van der Waals surface area contributed by atoms with Crippen molar-refractivity contribution in [3.63, 3.8) is 0 Å². The number of aromatic nitrogens is 4. The van der Waals surface area contributed by atoms with Crippen LogP contribution in [0.1, 0.15) is 23.6 Å². The Morgan fingerprint density at radius 1 is 1.17 bits per heavy atom. The summed E-state index contributed by atoms with van der Waals surface area (Å²) >= 11 is 0. The average molecular weight is 318 g/mol. The van der Waals surface area contributed by atoms with Crippen molar-refractivity contribution in [2.75, 3.05) is 0 Å². The highest BCUT2D eigenvalue weighted by atomic mass is 19.3. The lowest BCUT2D eigenvalue weighted by Gasteiger charge is -2.07. The molecule has 6 nitrogen and oxygen atoms in total. The second-order valence-electron chi connectivity index (χ2n) is 4.70. The smallest absolute Gasteiger partial charge is 0.314 e. The van der Waals surface area contributed by atoms with E-state index in [1.54, 1.807) is 18.3 Å². The number of rotatable bonds is 5. The minimum Gasteiger partial charge on any atom is -0.471 e. The zero-order valence-corrected chi connectivity index (χ0v) is 12.1. The Morgan fingerprint density at radius 2 is 2.04 bits per heavy atom. The Labute approximate surface area is 130 Å². The van der Waals surface area contributed by atoms with Gasteiger partial charge in [0.2, 0.25) is 11.8 Å². The van der Waals surface area contributed by atoms with Crippen molar-refractivity contribution < 1.29 is 17.9 Å². The molecule has 0 amide bonds. The molecule has 0 saturated heterocycles. The predicted octanol–water partition coefficient (Wildman–Crippen LogP) is 3.35. The number of alkyl halides is 2. The molecule has 3 rings (SSSR count). The summed E-state index contributed by atoms with van der Waals surface area (Å²) in [7, 11) is 0. The molecule has 0 N–H and O–H groups in total. The van der Waals surface area contributed by atoms with Crippen molar-refractivity contribution >= 4 is 0 Å². The fraction of sp³-hybridized carbons (Fsp3) is 0.200. The third kappa shape index (κ3) is 3.47. The topological polar surface area (TPSA) is 73.9 Å². The van der Waals surface area contributed by atoms with Crippen molar-refractivity contribution in [1.29, 1.82) is 0 Å². The normalized spacial score (nSPS) is 11.0. The van der Waals surface area contributed by atoms with Crippen molar-refractivity contribution in [2.45, 2.75) is 20.0 Å². The van der Waals surface area contributed by atoms with Gasteiger partial charge in [-0.25, -0.2) is 4.98 Å². The first-order valence-electron chi connectivity index (χ1n) is 6.75. The quantitative estimate of drug-likeness (QED) is 0.718. The van der Waals surface area contributed by atoms with E-state index in [-0.39, 0.29) is 12.5 Å². The van der Waals surface area contributed by atoms with E-state index in [2.05, 4.69) is 20.2 Å². The van der Waals surface area contributed by atoms with Crippen molar-refractivity contribution in [1.82, 2.24) is 20.2 Å². The third-order valence-corrected chi connectivity index (χ3v) is 3.02. The summed E-state index contributed by atoms with van der Waals surface area (Å²) in [4.78, 5) is 8.31. The monoisotopic (exact) mass is 318 g/mol. The van der Waals surface area contributed by atoms with Gasteiger partial charge in [-0.3, -0.25) is 4.98 Å². The maximum atomic E-state index is 12.4. The first kappa shape index (κ1) is 15.0. The first-order valence-corrected chi connectivity index (χ1v) is 6.75. The van der Waals surface area contributed by atoms with Gasteiger partial charge in [0.1, 0.15) is 6.61 Å². The highest BCUT2D eigenvalue weighted by Crippen LogP contribution is 2.23. The molecule has 0 spiro atoms. The van der Waals surface area contributed by atoms with Crippen LogP contribution in [0.2, 0.25) is 0 Å². The maximum Gasteiger partial charge on any atom is 0.314 e. The van der Waals surface area contributed by atoms with Gasteiger partial charge in [0.15, 0.2) is 0 Å². The van der Waals surface area contributed by atoms with Crippen LogP contribution in [0.3, 0.4) is 0 Å². The standard InChI is InChI=1S/C15H12F2N4O2/c1-9-3-2-6-18-13(9)22-8-11-5-4-10(7-19-11)14-20-21-15(23-14)12(16)17/h2-7,12H,8H2,1H3. The fourth-order valence-corrected chi connectivity index (χ4v) is 1.84. The number of nitrogens with zero attached hydrogens (tertiary/aromatic N) is 4. The zero-order valence-electron chi connectivity index (χ0n) is 12.1. The van der Waals surface area contributed by atoms with Crippen LogP contribution in [-0.4, -0.2) is 20.2 Å². The molecule has 3 aromatic rings. The van der Waals surface area contributed by atoms with E-state index in [1.165, 1.54) is 6.20 Å². The number of halogens is 2. The summed E-state index contributed by atoms with van der Waals surface area (Å²) in [6, 6.07) is 7.07. The molecule has 0 aliphatic heterocycles. The van der Waals surface area contributed by atoms with Gasteiger partial charge in [0, 0.05) is 18.0 Å². The van der Waals surface area contributed by atoms with E-state index < -0.39 is 12.3 Å². The second kappa shape index (κ2) is 6.47. The van der Waals surface area contributed by atoms with Gasteiger partial charge in [0.05, 0.1) is 11.3 Å². The second-order valence-corrected chi connectivity index (χ2v) is 4.70. The van der Waals surface area contributed by atoms with E-state index in [0.29, 0.717) is 17.1 Å². The summed E-state index contributed by atoms with van der Waals surface area (Å²) in [6.07, 6.45) is 0.320. The SMILES string of the molecule is Cc1cccnc1OCc1ccc(-c2nnc(C(F)F)o2)cn1. The molecule has 0 saturated carbocycles. The third-order valence-electron chi connectivity index (χ3n) is 3.02. The molecule has 0 aliphatic rings. The summed E-state index contributed by atoms with van der Waals surface area (Å²) < 4.78 is 35.3. The molecular formula is C15H12F2N4O2. The van der Waals surface area contributed by atoms with Crippen LogP contribution in [0.25, 0.3) is 11.5 Å². The number of ether oxygens (including phenoxy) is 1. The molecule has 3 aromatic heterocycles. The molecule has 0 aliphatic carbocycles. The Morgan fingerprint density at radius 3 is 2.70 bits per heavy atom. The Balaban J connectivity index is 1.68. The van der Waals surface area contributed by atoms with Crippen molar-refractivity contribution in [3.05, 3.63) is 53.8 Å². The van der Waals surface area contributed by atoms with Crippen LogP contribution >= 0.6 is 0 Å². The van der Waals surface area contributed by atoms with Gasteiger partial charge in [-0.2, -0.15) is 8.78 Å². The highest BCUT2D eigenvalue weighted by Gasteiger charge is 2.17. The van der Waals surface area contributed by atoms with Gasteiger partial charge in [0.25, 0.3) is 5.89 Å². The lowest BCUT2D eigenvalue weighted by atomic mass is 10.2. The van der Waals surface area contributed by atoms with E-state index in [4.69, 9.17) is 9.15 Å². The molecular weight excluding hydrogens is 306 g/mol. The summed E-state index contributed by atoms with van der Waals surface area (Å²) in [6.45, 7) is 2.14. The maximum absolute atomic E-state index is 12.4. The van der Waals surface area contributed by atoms with Gasteiger partial charge in [-0.1, -0.05) is 6.07 Å². The summed E-state index contributed by atoms with van der Waals surface area (Å²) in [5, 5.41) is 6.84. The van der Waals surface area contributed by atoms with E-state index in [9.17, 15) is 8.78 Å². The van der Waals surface area contributed by atoms with Gasteiger partial charge >= 0.3 is 6.43 Å². The van der Waals surface area contributed by atoms with Gasteiger partial charge in [-0.15, -0.1) is 10.2 Å². The number of pyridine rings is 2. The van der Waals surface area contributed by atoms with Crippen LogP contribution in [0.4, 0.5) is 8.78 Å². The number of hydrogen-bond acceptors (Lipinski definition) is 6. The molecule has 0 bridgehead atoms. The van der Waals surface area contributed by atoms with Crippen LogP contribution in [-0.2, 0) is 6.61 Å². The molecule has 0 fully saturated rings. The minimum atomic E-state index is -2.79. The van der Waals surface area contributed by atoms with Crippen molar-refractivity contribution in [3.8, 4) is 17.3 Å². The van der Waals surface area contributed by atoms with Gasteiger partial charge < -0.3 is 9.15 Å². The van der Waals surface area contributed by atoms with E-state index >= 15 is 0 Å². The average Bonchev–Trinajstić information content (AvgIpc) is 3.05. The van der Waals surface area contributed by atoms with Gasteiger partial charge in [-0.05, 0) is 25.1 Å². The fourth-order valence-electron chi connectivity index (χ4n) is 1.84. The lowest BCUT2D eigenvalue weighted by molar-refractivity contribution is 0.116. The number of aryl methyl sites for hydroxylation is 1. The number of hydrogen-bond donors (Lipinski definition) is 0. The van der Waals surface area contributed by atoms with Crippen molar-refractivity contribution in [2.24, 2.45) is 0 Å². The molecule has 118 valence electrons. The molecule has 23 heavy (non-hydrogen) atoms. The summed E-state index contributed by atoms with van der Waals surface area (Å²) in [5.41, 5.74) is 2.05.